The lowest BCUT2D eigenvalue weighted by Crippen LogP contribution is -2.43. The summed E-state index contributed by atoms with van der Waals surface area (Å²) >= 11 is 0. The molecule has 19 heavy (non-hydrogen) atoms. The Kier molecular flexibility index (Phi) is 4.11. The van der Waals surface area contributed by atoms with Crippen molar-refractivity contribution in [1.29, 1.82) is 0 Å². The molecule has 0 saturated carbocycles. The van der Waals surface area contributed by atoms with E-state index in [4.69, 9.17) is 0 Å². The van der Waals surface area contributed by atoms with Crippen LogP contribution in [0.4, 0.5) is 5.69 Å². The van der Waals surface area contributed by atoms with Crippen molar-refractivity contribution in [2.75, 3.05) is 20.1 Å². The predicted octanol–water partition coefficient (Wildman–Crippen LogP) is 1.42. The number of rotatable bonds is 3. The average molecular weight is 263 g/mol. The van der Waals surface area contributed by atoms with Crippen molar-refractivity contribution in [3.05, 3.63) is 39.9 Å². The van der Waals surface area contributed by atoms with Crippen molar-refractivity contribution in [2.45, 2.75) is 18.9 Å². The van der Waals surface area contributed by atoms with Gasteiger partial charge in [0.15, 0.2) is 0 Å². The summed E-state index contributed by atoms with van der Waals surface area (Å²) in [5, 5.41) is 13.8. The highest BCUT2D eigenvalue weighted by molar-refractivity contribution is 5.98. The maximum Gasteiger partial charge on any atom is 0.282 e. The van der Waals surface area contributed by atoms with Gasteiger partial charge in [-0.15, -0.1) is 0 Å². The lowest BCUT2D eigenvalue weighted by Gasteiger charge is -2.29. The molecular weight excluding hydrogens is 246 g/mol. The topological polar surface area (TPSA) is 75.5 Å². The number of nitrogens with zero attached hydrogens (tertiary/aromatic N) is 2. The van der Waals surface area contributed by atoms with Crippen LogP contribution in [0.1, 0.15) is 23.2 Å². The van der Waals surface area contributed by atoms with E-state index >= 15 is 0 Å². The van der Waals surface area contributed by atoms with Crippen LogP contribution < -0.4 is 5.32 Å². The first-order chi connectivity index (χ1) is 9.08. The number of carbonyl (C=O) groups is 1. The van der Waals surface area contributed by atoms with Crippen molar-refractivity contribution in [2.24, 2.45) is 0 Å². The minimum atomic E-state index is -0.524. The highest BCUT2D eigenvalue weighted by atomic mass is 16.6. The molecule has 1 heterocycles. The monoisotopic (exact) mass is 263 g/mol. The normalized spacial score (nSPS) is 17.1. The summed E-state index contributed by atoms with van der Waals surface area (Å²) < 4.78 is 0. The summed E-state index contributed by atoms with van der Waals surface area (Å²) in [6.45, 7) is 1.86. The molecular formula is C13H17N3O3. The quantitative estimate of drug-likeness (QED) is 0.661. The molecule has 1 aliphatic heterocycles. The second kappa shape index (κ2) is 5.79. The van der Waals surface area contributed by atoms with Crippen LogP contribution in [0, 0.1) is 10.1 Å². The number of nitrogens with one attached hydrogen (secondary N) is 1. The van der Waals surface area contributed by atoms with Gasteiger partial charge in [-0.25, -0.2) is 0 Å². The Balaban J connectivity index is 2.06. The molecule has 0 atom stereocenters. The first kappa shape index (κ1) is 13.5. The number of nitro groups is 1. The maximum absolute atomic E-state index is 12.1. The van der Waals surface area contributed by atoms with Gasteiger partial charge in [0, 0.05) is 12.1 Å². The van der Waals surface area contributed by atoms with Gasteiger partial charge in [0.2, 0.25) is 0 Å². The second-order valence-electron chi connectivity index (χ2n) is 4.83. The van der Waals surface area contributed by atoms with E-state index in [9.17, 15) is 14.9 Å². The van der Waals surface area contributed by atoms with Crippen LogP contribution in [0.3, 0.4) is 0 Å². The molecule has 102 valence electrons. The molecule has 0 spiro atoms. The van der Waals surface area contributed by atoms with E-state index in [1.54, 1.807) is 12.1 Å². The third kappa shape index (κ3) is 3.29. The van der Waals surface area contributed by atoms with Crippen LogP contribution in [0.15, 0.2) is 24.3 Å². The van der Waals surface area contributed by atoms with E-state index < -0.39 is 4.92 Å². The summed E-state index contributed by atoms with van der Waals surface area (Å²) in [4.78, 5) is 24.6. The Morgan fingerprint density at radius 1 is 1.37 bits per heavy atom. The molecule has 0 aromatic heterocycles. The van der Waals surface area contributed by atoms with Gasteiger partial charge in [-0.1, -0.05) is 12.1 Å². The lowest BCUT2D eigenvalue weighted by molar-refractivity contribution is -0.385. The van der Waals surface area contributed by atoms with Crippen molar-refractivity contribution in [3.8, 4) is 0 Å². The van der Waals surface area contributed by atoms with Crippen LogP contribution in [0.5, 0.6) is 0 Å². The third-order valence-electron chi connectivity index (χ3n) is 3.40. The van der Waals surface area contributed by atoms with Gasteiger partial charge in [-0.3, -0.25) is 14.9 Å². The fourth-order valence-electron chi connectivity index (χ4n) is 2.24. The lowest BCUT2D eigenvalue weighted by atomic mass is 10.0. The standard InChI is InChI=1S/C13H17N3O3/c1-15-8-6-10(7-9-15)14-13(17)11-4-2-3-5-12(11)16(18)19/h2-5,10H,6-9H2,1H3,(H,14,17). The zero-order chi connectivity index (χ0) is 13.8. The van der Waals surface area contributed by atoms with Gasteiger partial charge in [0.05, 0.1) is 4.92 Å². The molecule has 1 saturated heterocycles. The molecule has 1 aromatic carbocycles. The van der Waals surface area contributed by atoms with E-state index in [1.165, 1.54) is 12.1 Å². The summed E-state index contributed by atoms with van der Waals surface area (Å²) in [5.74, 6) is -0.359. The molecule has 1 aromatic rings. The molecule has 6 heteroatoms. The van der Waals surface area contributed by atoms with Crippen LogP contribution in [-0.2, 0) is 0 Å². The van der Waals surface area contributed by atoms with E-state index in [2.05, 4.69) is 10.2 Å². The number of carbonyl (C=O) groups excluding carboxylic acids is 1. The fourth-order valence-corrected chi connectivity index (χ4v) is 2.24. The second-order valence-corrected chi connectivity index (χ2v) is 4.83. The predicted molar refractivity (Wildman–Crippen MR) is 71.1 cm³/mol. The van der Waals surface area contributed by atoms with Crippen LogP contribution in [-0.4, -0.2) is 41.9 Å². The molecule has 0 bridgehead atoms. The molecule has 0 unspecified atom stereocenters. The van der Waals surface area contributed by atoms with E-state index in [1.807, 2.05) is 7.05 Å². The number of piperidine rings is 1. The van der Waals surface area contributed by atoms with Gasteiger partial charge in [-0.05, 0) is 39.0 Å². The molecule has 0 radical (unpaired) electrons. The highest BCUT2D eigenvalue weighted by Gasteiger charge is 2.23. The molecule has 1 amide bonds. The van der Waals surface area contributed by atoms with E-state index in [0.717, 1.165) is 25.9 Å². The third-order valence-corrected chi connectivity index (χ3v) is 3.40. The first-order valence-electron chi connectivity index (χ1n) is 6.31. The zero-order valence-corrected chi connectivity index (χ0v) is 10.8. The molecule has 2 rings (SSSR count). The molecule has 1 N–H and O–H groups in total. The largest absolute Gasteiger partial charge is 0.349 e. The van der Waals surface area contributed by atoms with E-state index in [-0.39, 0.29) is 23.2 Å². The van der Waals surface area contributed by atoms with Crippen LogP contribution in [0.25, 0.3) is 0 Å². The number of likely N-dealkylation sites (tertiary alicyclic amines) is 1. The van der Waals surface area contributed by atoms with Gasteiger partial charge < -0.3 is 10.2 Å². The average Bonchev–Trinajstić information content (AvgIpc) is 2.41. The molecule has 6 nitrogen and oxygen atoms in total. The van der Waals surface area contributed by atoms with Gasteiger partial charge in [0.1, 0.15) is 5.56 Å². The number of nitro benzene ring substituents is 1. The number of hydrogen-bond acceptors (Lipinski definition) is 4. The Labute approximate surface area is 111 Å². The van der Waals surface area contributed by atoms with Gasteiger partial charge >= 0.3 is 0 Å². The maximum atomic E-state index is 12.1. The number of amides is 1. The van der Waals surface area contributed by atoms with Crippen molar-refractivity contribution in [3.63, 3.8) is 0 Å². The van der Waals surface area contributed by atoms with Crippen LogP contribution in [0.2, 0.25) is 0 Å². The minimum absolute atomic E-state index is 0.100. The SMILES string of the molecule is CN1CCC(NC(=O)c2ccccc2[N+](=O)[O-])CC1. The smallest absolute Gasteiger partial charge is 0.282 e. The minimum Gasteiger partial charge on any atom is -0.349 e. The summed E-state index contributed by atoms with van der Waals surface area (Å²) in [6, 6.07) is 6.14. The van der Waals surface area contributed by atoms with Gasteiger partial charge in [0.25, 0.3) is 11.6 Å². The molecule has 1 aliphatic rings. The van der Waals surface area contributed by atoms with Crippen molar-refractivity contribution in [1.82, 2.24) is 10.2 Å². The van der Waals surface area contributed by atoms with Crippen molar-refractivity contribution >= 4 is 11.6 Å². The molecule has 1 fully saturated rings. The Morgan fingerprint density at radius 3 is 2.63 bits per heavy atom. The Morgan fingerprint density at radius 2 is 2.00 bits per heavy atom. The van der Waals surface area contributed by atoms with Crippen molar-refractivity contribution < 1.29 is 9.72 Å². The summed E-state index contributed by atoms with van der Waals surface area (Å²) in [5.41, 5.74) is -0.0145. The number of benzene rings is 1. The van der Waals surface area contributed by atoms with Crippen LogP contribution >= 0.6 is 0 Å². The first-order valence-corrected chi connectivity index (χ1v) is 6.31. The van der Waals surface area contributed by atoms with Gasteiger partial charge in [-0.2, -0.15) is 0 Å². The Hall–Kier alpha value is -1.95. The zero-order valence-electron chi connectivity index (χ0n) is 10.8. The fraction of sp³-hybridized carbons (Fsp3) is 0.462. The molecule has 0 aliphatic carbocycles. The number of para-hydroxylation sites is 1. The number of hydrogen-bond donors (Lipinski definition) is 1. The highest BCUT2D eigenvalue weighted by Crippen LogP contribution is 2.18. The summed E-state index contributed by atoms with van der Waals surface area (Å²) in [7, 11) is 2.04. The summed E-state index contributed by atoms with van der Waals surface area (Å²) in [6.07, 6.45) is 1.76. The van der Waals surface area contributed by atoms with E-state index in [0.29, 0.717) is 0 Å². The Bertz CT molecular complexity index is 482.